The van der Waals surface area contributed by atoms with Gasteiger partial charge >= 0.3 is 0 Å². The van der Waals surface area contributed by atoms with Crippen LogP contribution in [0, 0.1) is 5.92 Å². The number of carbonyl (C=O) groups is 1. The fourth-order valence-corrected chi connectivity index (χ4v) is 4.30. The highest BCUT2D eigenvalue weighted by Gasteiger charge is 2.27. The molecule has 28 heavy (non-hydrogen) atoms. The third-order valence-electron chi connectivity index (χ3n) is 5.99. The minimum Gasteiger partial charge on any atom is -0.336 e. The second kappa shape index (κ2) is 10.4. The summed E-state index contributed by atoms with van der Waals surface area (Å²) in [6, 6.07) is 21.3. The average Bonchev–Trinajstić information content (AvgIpc) is 2.76. The lowest BCUT2D eigenvalue weighted by molar-refractivity contribution is -0.134. The zero-order valence-electron chi connectivity index (χ0n) is 17.4. The van der Waals surface area contributed by atoms with Gasteiger partial charge in [-0.05, 0) is 49.8 Å². The fourth-order valence-electron chi connectivity index (χ4n) is 4.30. The number of carbonyl (C=O) groups excluding carboxylic acids is 1. The Morgan fingerprint density at radius 1 is 1.11 bits per heavy atom. The normalized spacial score (nSPS) is 18.6. The van der Waals surface area contributed by atoms with E-state index in [0.717, 1.165) is 26.1 Å². The summed E-state index contributed by atoms with van der Waals surface area (Å²) in [5.74, 6) is 0.823. The molecule has 2 aromatic rings. The van der Waals surface area contributed by atoms with Crippen LogP contribution in [0.5, 0.6) is 0 Å². The van der Waals surface area contributed by atoms with Crippen molar-refractivity contribution < 1.29 is 4.79 Å². The van der Waals surface area contributed by atoms with Crippen molar-refractivity contribution in [1.29, 1.82) is 0 Å². The van der Waals surface area contributed by atoms with Crippen molar-refractivity contribution in [3.05, 3.63) is 71.8 Å². The molecule has 3 rings (SSSR count). The van der Waals surface area contributed by atoms with Gasteiger partial charge in [-0.25, -0.2) is 0 Å². The number of hydrogen-bond acceptors (Lipinski definition) is 2. The lowest BCUT2D eigenvalue weighted by atomic mass is 9.95. The molecular weight excluding hydrogens is 344 g/mol. The first kappa shape index (κ1) is 20.6. The molecule has 1 aliphatic heterocycles. The highest BCUT2D eigenvalue weighted by Crippen LogP contribution is 2.25. The Morgan fingerprint density at radius 2 is 1.79 bits per heavy atom. The van der Waals surface area contributed by atoms with Crippen LogP contribution < -0.4 is 0 Å². The van der Waals surface area contributed by atoms with Crippen molar-refractivity contribution in [2.45, 2.75) is 45.6 Å². The van der Waals surface area contributed by atoms with E-state index in [1.165, 1.54) is 30.5 Å². The average molecular weight is 379 g/mol. The largest absolute Gasteiger partial charge is 0.336 e. The van der Waals surface area contributed by atoms with Crippen LogP contribution in [0.4, 0.5) is 0 Å². The molecule has 3 heteroatoms. The summed E-state index contributed by atoms with van der Waals surface area (Å²) < 4.78 is 0. The Balaban J connectivity index is 1.59. The molecule has 1 heterocycles. The first-order valence-corrected chi connectivity index (χ1v) is 10.8. The highest BCUT2D eigenvalue weighted by atomic mass is 16.2. The van der Waals surface area contributed by atoms with Crippen LogP contribution in [0.1, 0.15) is 50.3 Å². The van der Waals surface area contributed by atoms with Crippen LogP contribution in [0.25, 0.3) is 0 Å². The number of benzene rings is 2. The summed E-state index contributed by atoms with van der Waals surface area (Å²) in [5, 5.41) is 0. The second-order valence-electron chi connectivity index (χ2n) is 8.03. The van der Waals surface area contributed by atoms with Gasteiger partial charge in [-0.15, -0.1) is 0 Å². The molecule has 1 amide bonds. The first-order valence-electron chi connectivity index (χ1n) is 10.8. The van der Waals surface area contributed by atoms with Crippen LogP contribution >= 0.6 is 0 Å². The number of likely N-dealkylation sites (tertiary alicyclic amines) is 1. The monoisotopic (exact) mass is 378 g/mol. The Labute approximate surface area is 170 Å². The van der Waals surface area contributed by atoms with Crippen LogP contribution in [-0.2, 0) is 11.2 Å². The maximum Gasteiger partial charge on any atom is 0.222 e. The maximum atomic E-state index is 12.7. The molecule has 2 atom stereocenters. The van der Waals surface area contributed by atoms with E-state index in [2.05, 4.69) is 71.3 Å². The Morgan fingerprint density at radius 3 is 2.46 bits per heavy atom. The zero-order chi connectivity index (χ0) is 19.8. The molecule has 0 bridgehead atoms. The van der Waals surface area contributed by atoms with Gasteiger partial charge in [0, 0.05) is 26.1 Å². The lowest BCUT2D eigenvalue weighted by Gasteiger charge is -2.38. The third kappa shape index (κ3) is 5.68. The van der Waals surface area contributed by atoms with Crippen molar-refractivity contribution in [3.63, 3.8) is 0 Å². The fraction of sp³-hybridized carbons (Fsp3) is 0.480. The summed E-state index contributed by atoms with van der Waals surface area (Å²) in [7, 11) is 0. The van der Waals surface area contributed by atoms with Crippen molar-refractivity contribution in [2.75, 3.05) is 26.2 Å². The van der Waals surface area contributed by atoms with Crippen LogP contribution in [-0.4, -0.2) is 41.9 Å². The molecule has 0 spiro atoms. The smallest absolute Gasteiger partial charge is 0.222 e. The van der Waals surface area contributed by atoms with Gasteiger partial charge in [0.1, 0.15) is 0 Å². The quantitative estimate of drug-likeness (QED) is 0.649. The van der Waals surface area contributed by atoms with Gasteiger partial charge in [0.05, 0.1) is 6.04 Å². The van der Waals surface area contributed by atoms with E-state index < -0.39 is 0 Å². The van der Waals surface area contributed by atoms with E-state index in [1.807, 2.05) is 13.0 Å². The number of piperidine rings is 1. The topological polar surface area (TPSA) is 23.6 Å². The molecule has 3 nitrogen and oxygen atoms in total. The summed E-state index contributed by atoms with van der Waals surface area (Å²) in [4.78, 5) is 17.4. The highest BCUT2D eigenvalue weighted by molar-refractivity contribution is 5.76. The minimum atomic E-state index is 0.133. The molecule has 1 fully saturated rings. The van der Waals surface area contributed by atoms with Crippen LogP contribution in [0.2, 0.25) is 0 Å². The van der Waals surface area contributed by atoms with Crippen LogP contribution in [0.15, 0.2) is 60.7 Å². The van der Waals surface area contributed by atoms with E-state index >= 15 is 0 Å². The second-order valence-corrected chi connectivity index (χ2v) is 8.03. The third-order valence-corrected chi connectivity index (χ3v) is 5.99. The summed E-state index contributed by atoms with van der Waals surface area (Å²) >= 11 is 0. The van der Waals surface area contributed by atoms with Gasteiger partial charge in [0.25, 0.3) is 0 Å². The predicted octanol–water partition coefficient (Wildman–Crippen LogP) is 4.94. The summed E-state index contributed by atoms with van der Waals surface area (Å²) in [6.07, 6.45) is 4.12. The molecule has 1 saturated heterocycles. The first-order chi connectivity index (χ1) is 13.7. The molecule has 0 saturated carbocycles. The van der Waals surface area contributed by atoms with E-state index in [0.29, 0.717) is 12.3 Å². The van der Waals surface area contributed by atoms with E-state index in [-0.39, 0.29) is 11.9 Å². The van der Waals surface area contributed by atoms with E-state index in [4.69, 9.17) is 0 Å². The van der Waals surface area contributed by atoms with Gasteiger partial charge in [0.2, 0.25) is 5.91 Å². The van der Waals surface area contributed by atoms with Crippen molar-refractivity contribution in [3.8, 4) is 0 Å². The molecule has 2 aromatic carbocycles. The molecule has 1 aliphatic rings. The van der Waals surface area contributed by atoms with Crippen molar-refractivity contribution >= 4 is 5.91 Å². The zero-order valence-corrected chi connectivity index (χ0v) is 17.4. The molecule has 0 aromatic heterocycles. The van der Waals surface area contributed by atoms with Gasteiger partial charge in [0.15, 0.2) is 0 Å². The Bertz CT molecular complexity index is 716. The molecule has 150 valence electrons. The summed E-state index contributed by atoms with van der Waals surface area (Å²) in [5.41, 5.74) is 2.63. The van der Waals surface area contributed by atoms with Gasteiger partial charge < -0.3 is 9.80 Å². The standard InChI is InChI=1S/C25H34N2O/c1-3-25(28)27(21(2)24-14-8-5-9-15-24)20-23-13-10-17-26(19-23)18-16-22-11-6-4-7-12-22/h4-9,11-12,14-15,21,23H,3,10,13,16-20H2,1-2H3. The molecular formula is C25H34N2O. The minimum absolute atomic E-state index is 0.133. The SMILES string of the molecule is CCC(=O)N(CC1CCCN(CCc2ccccc2)C1)C(C)c1ccccc1. The Kier molecular flexibility index (Phi) is 7.67. The number of hydrogen-bond donors (Lipinski definition) is 0. The lowest BCUT2D eigenvalue weighted by Crippen LogP contribution is -2.44. The van der Waals surface area contributed by atoms with Gasteiger partial charge in [-0.1, -0.05) is 67.6 Å². The van der Waals surface area contributed by atoms with Crippen LogP contribution in [0.3, 0.4) is 0 Å². The number of nitrogens with zero attached hydrogens (tertiary/aromatic N) is 2. The van der Waals surface area contributed by atoms with Gasteiger partial charge in [-0.3, -0.25) is 4.79 Å². The predicted molar refractivity (Wildman–Crippen MR) is 116 cm³/mol. The molecule has 0 N–H and O–H groups in total. The van der Waals surface area contributed by atoms with E-state index in [9.17, 15) is 4.79 Å². The summed E-state index contributed by atoms with van der Waals surface area (Å²) in [6.45, 7) is 8.39. The Hall–Kier alpha value is -2.13. The molecule has 0 aliphatic carbocycles. The molecule has 2 unspecified atom stereocenters. The maximum absolute atomic E-state index is 12.7. The number of rotatable bonds is 8. The van der Waals surface area contributed by atoms with Crippen molar-refractivity contribution in [1.82, 2.24) is 9.80 Å². The molecule has 0 radical (unpaired) electrons. The van der Waals surface area contributed by atoms with E-state index in [1.54, 1.807) is 0 Å². The number of amides is 1. The van der Waals surface area contributed by atoms with Crippen molar-refractivity contribution in [2.24, 2.45) is 5.92 Å². The van der Waals surface area contributed by atoms with Gasteiger partial charge in [-0.2, -0.15) is 0 Å².